The van der Waals surface area contributed by atoms with E-state index in [9.17, 15) is 0 Å². The van der Waals surface area contributed by atoms with Crippen LogP contribution in [-0.4, -0.2) is 9.61 Å². The number of nitrogens with zero attached hydrogens (tertiary/aromatic N) is 2. The molecule has 2 heterocycles. The largest absolute Gasteiger partial charge is 0.231 e. The number of hydrogen-bond acceptors (Lipinski definition) is 1. The van der Waals surface area contributed by atoms with Gasteiger partial charge in [-0.2, -0.15) is 5.10 Å². The monoisotopic (exact) mass is 714 g/mol. The second-order valence-corrected chi connectivity index (χ2v) is 15.7. The number of allylic oxidation sites excluding steroid dienone is 8. The number of hydrogen-bond donors (Lipinski definition) is 0. The second kappa shape index (κ2) is 12.1. The summed E-state index contributed by atoms with van der Waals surface area (Å²) < 4.78 is 2.22. The fourth-order valence-electron chi connectivity index (χ4n) is 10.9. The Morgan fingerprint density at radius 1 is 0.571 bits per heavy atom. The second-order valence-electron chi connectivity index (χ2n) is 15.7. The molecular weight excluding hydrogens is 677 g/mol. The van der Waals surface area contributed by atoms with Crippen molar-refractivity contribution in [3.8, 4) is 33.5 Å². The first-order chi connectivity index (χ1) is 27.8. The Kier molecular flexibility index (Phi) is 6.83. The van der Waals surface area contributed by atoms with Gasteiger partial charge in [0.2, 0.25) is 0 Å². The predicted octanol–water partition coefficient (Wildman–Crippen LogP) is 13.0. The van der Waals surface area contributed by atoms with Gasteiger partial charge in [0.15, 0.2) is 0 Å². The Balaban J connectivity index is 0.989. The van der Waals surface area contributed by atoms with E-state index in [4.69, 9.17) is 5.10 Å². The van der Waals surface area contributed by atoms with Gasteiger partial charge in [-0.1, -0.05) is 194 Å². The van der Waals surface area contributed by atoms with E-state index in [1.54, 1.807) is 0 Å². The molecule has 0 saturated carbocycles. The smallest absolute Gasteiger partial charge is 0.0825 e. The van der Waals surface area contributed by atoms with E-state index in [0.29, 0.717) is 0 Å². The van der Waals surface area contributed by atoms with Crippen LogP contribution in [0.15, 0.2) is 212 Å². The Morgan fingerprint density at radius 2 is 1.20 bits per heavy atom. The highest BCUT2D eigenvalue weighted by molar-refractivity contribution is 6.07. The van der Waals surface area contributed by atoms with Crippen molar-refractivity contribution in [3.05, 3.63) is 239 Å². The van der Waals surface area contributed by atoms with Crippen molar-refractivity contribution in [1.29, 1.82) is 0 Å². The minimum absolute atomic E-state index is 0.186. The molecule has 3 unspecified atom stereocenters. The van der Waals surface area contributed by atoms with Gasteiger partial charge in [-0.05, 0) is 67.5 Å². The molecule has 0 N–H and O–H groups in total. The molecule has 12 rings (SSSR count). The van der Waals surface area contributed by atoms with Gasteiger partial charge in [0.25, 0.3) is 0 Å². The first-order valence-corrected chi connectivity index (χ1v) is 19.9. The maximum absolute atomic E-state index is 5.15. The normalized spacial score (nSPS) is 19.8. The van der Waals surface area contributed by atoms with Crippen LogP contribution in [0, 0.1) is 5.92 Å². The van der Waals surface area contributed by atoms with Crippen LogP contribution in [0.3, 0.4) is 0 Å². The lowest BCUT2D eigenvalue weighted by Crippen LogP contribution is -2.29. The summed E-state index contributed by atoms with van der Waals surface area (Å²) in [6.07, 6.45) is 17.7. The van der Waals surface area contributed by atoms with E-state index >= 15 is 0 Å². The molecule has 0 bridgehead atoms. The average Bonchev–Trinajstić information content (AvgIpc) is 3.94. The summed E-state index contributed by atoms with van der Waals surface area (Å²) in [6, 6.07) is 58.0. The minimum Gasteiger partial charge on any atom is -0.231 e. The third-order valence-electron chi connectivity index (χ3n) is 13.1. The maximum atomic E-state index is 5.15. The van der Waals surface area contributed by atoms with Crippen LogP contribution in [0.5, 0.6) is 0 Å². The summed E-state index contributed by atoms with van der Waals surface area (Å²) in [4.78, 5) is 0. The van der Waals surface area contributed by atoms with Crippen molar-refractivity contribution in [2.45, 2.75) is 23.7 Å². The Morgan fingerprint density at radius 3 is 1.91 bits per heavy atom. The average molecular weight is 715 g/mol. The standard InChI is InChI=1S/C54H38N2/c1-3-16-35(17-4-1)45-34-55-56-52(38-18-5-2-6-19-38)50(42-22-7-8-23-43(42)53(45)56)37-32-30-36(31-33-37)39-25-15-29-49-51(39)44-24-11-14-28-48(44)54(49)46-26-12-9-20-40(46)41-21-10-13-27-47(41)54/h1-32,34,37,39,51H,33H2. The van der Waals surface area contributed by atoms with E-state index < -0.39 is 0 Å². The molecule has 2 aromatic heterocycles. The van der Waals surface area contributed by atoms with Crippen LogP contribution in [0.4, 0.5) is 0 Å². The van der Waals surface area contributed by atoms with Gasteiger partial charge in [-0.3, -0.25) is 0 Å². The van der Waals surface area contributed by atoms with E-state index in [2.05, 4.69) is 205 Å². The molecule has 4 aliphatic carbocycles. The molecule has 0 radical (unpaired) electrons. The third kappa shape index (κ3) is 4.24. The SMILES string of the molecule is C1=CC(C2=CCC(c3c(-c4ccccc4)n4ncc(-c5ccccc5)c4c4ccccc34)C=C2)C2C(=C1)C1(c3ccccc3-c3ccccc31)c1ccccc12. The van der Waals surface area contributed by atoms with Crippen molar-refractivity contribution in [1.82, 2.24) is 9.61 Å². The summed E-state index contributed by atoms with van der Waals surface area (Å²) in [5.74, 6) is 0.673. The summed E-state index contributed by atoms with van der Waals surface area (Å²) >= 11 is 0. The molecular formula is C54H38N2. The molecule has 8 aromatic rings. The molecule has 1 spiro atoms. The zero-order valence-corrected chi connectivity index (χ0v) is 30.9. The predicted molar refractivity (Wildman–Crippen MR) is 230 cm³/mol. The van der Waals surface area contributed by atoms with Gasteiger partial charge >= 0.3 is 0 Å². The summed E-state index contributed by atoms with van der Waals surface area (Å²) in [5, 5.41) is 7.67. The zero-order valence-electron chi connectivity index (χ0n) is 30.9. The molecule has 3 atom stereocenters. The fraction of sp³-hybridized carbons (Fsp3) is 0.0926. The maximum Gasteiger partial charge on any atom is 0.0825 e. The molecule has 0 fully saturated rings. The van der Waals surface area contributed by atoms with Crippen molar-refractivity contribution < 1.29 is 0 Å². The Labute approximate surface area is 327 Å². The quantitative estimate of drug-likeness (QED) is 0.177. The first kappa shape index (κ1) is 31.6. The molecule has 0 amide bonds. The van der Waals surface area contributed by atoms with Crippen LogP contribution in [0.25, 0.3) is 49.8 Å². The van der Waals surface area contributed by atoms with Gasteiger partial charge in [-0.25, -0.2) is 4.52 Å². The van der Waals surface area contributed by atoms with Crippen LogP contribution >= 0.6 is 0 Å². The van der Waals surface area contributed by atoms with E-state index in [-0.39, 0.29) is 23.2 Å². The highest BCUT2D eigenvalue weighted by atomic mass is 15.2. The molecule has 4 aliphatic rings. The highest BCUT2D eigenvalue weighted by Crippen LogP contribution is 2.66. The minimum atomic E-state index is -0.291. The number of fused-ring (bicyclic) bond motifs is 13. The lowest BCUT2D eigenvalue weighted by atomic mass is 9.66. The summed E-state index contributed by atoms with van der Waals surface area (Å²) in [7, 11) is 0. The van der Waals surface area contributed by atoms with Crippen molar-refractivity contribution >= 4 is 16.3 Å². The topological polar surface area (TPSA) is 17.3 Å². The van der Waals surface area contributed by atoms with Gasteiger partial charge in [0.1, 0.15) is 0 Å². The first-order valence-electron chi connectivity index (χ1n) is 19.9. The van der Waals surface area contributed by atoms with Crippen LogP contribution in [-0.2, 0) is 5.41 Å². The van der Waals surface area contributed by atoms with E-state index in [1.165, 1.54) is 77.7 Å². The molecule has 2 nitrogen and oxygen atoms in total. The van der Waals surface area contributed by atoms with Gasteiger partial charge in [0.05, 0.1) is 22.8 Å². The molecule has 0 aliphatic heterocycles. The fourth-order valence-corrected chi connectivity index (χ4v) is 10.9. The van der Waals surface area contributed by atoms with Gasteiger partial charge in [0, 0.05) is 34.3 Å². The van der Waals surface area contributed by atoms with Gasteiger partial charge in [-0.15, -0.1) is 0 Å². The van der Waals surface area contributed by atoms with Crippen molar-refractivity contribution in [2.75, 3.05) is 0 Å². The lowest BCUT2D eigenvalue weighted by Gasteiger charge is -2.35. The van der Waals surface area contributed by atoms with E-state index in [1.807, 2.05) is 0 Å². The zero-order chi connectivity index (χ0) is 36.8. The highest BCUT2D eigenvalue weighted by Gasteiger charge is 2.56. The van der Waals surface area contributed by atoms with E-state index in [0.717, 1.165) is 17.5 Å². The molecule has 6 aromatic carbocycles. The number of pyridine rings is 1. The molecule has 56 heavy (non-hydrogen) atoms. The molecule has 2 heteroatoms. The van der Waals surface area contributed by atoms with Crippen LogP contribution in [0.1, 0.15) is 46.1 Å². The summed E-state index contributed by atoms with van der Waals surface area (Å²) in [5.41, 5.74) is 18.2. The van der Waals surface area contributed by atoms with Crippen molar-refractivity contribution in [2.24, 2.45) is 5.92 Å². The Hall–Kier alpha value is -6.77. The lowest BCUT2D eigenvalue weighted by molar-refractivity contribution is 0.610. The van der Waals surface area contributed by atoms with Gasteiger partial charge < -0.3 is 0 Å². The molecule has 0 saturated heterocycles. The number of rotatable bonds is 4. The van der Waals surface area contributed by atoms with Crippen LogP contribution < -0.4 is 0 Å². The number of benzene rings is 6. The molecule has 264 valence electrons. The number of aromatic nitrogens is 2. The third-order valence-corrected chi connectivity index (χ3v) is 13.1. The van der Waals surface area contributed by atoms with Crippen LogP contribution in [0.2, 0.25) is 0 Å². The Bertz CT molecular complexity index is 2970. The van der Waals surface area contributed by atoms with Crippen molar-refractivity contribution in [3.63, 3.8) is 0 Å². The summed E-state index contributed by atoms with van der Waals surface area (Å²) in [6.45, 7) is 0.